The summed E-state index contributed by atoms with van der Waals surface area (Å²) in [6.45, 7) is 6.21. The van der Waals surface area contributed by atoms with Gasteiger partial charge in [-0.2, -0.15) is 0 Å². The second kappa shape index (κ2) is 3.46. The molecule has 17 heavy (non-hydrogen) atoms. The molecule has 0 saturated carbocycles. The summed E-state index contributed by atoms with van der Waals surface area (Å²) in [6.07, 6.45) is 2.35. The molecule has 0 unspecified atom stereocenters. The van der Waals surface area contributed by atoms with Crippen LogP contribution in [0.3, 0.4) is 0 Å². The summed E-state index contributed by atoms with van der Waals surface area (Å²) in [4.78, 5) is 11.6. The standard InChI is InChI=1S/C15H16O2/c1-8-4-5-11-9(2)6-14-13(7-12(8)11)10(3)15(16)17-14/h6-8H,4-5H2,1-3H3/t8-/m1/s1. The van der Waals surface area contributed by atoms with Gasteiger partial charge in [0.05, 0.1) is 0 Å². The van der Waals surface area contributed by atoms with Crippen molar-refractivity contribution in [3.63, 3.8) is 0 Å². The lowest BCUT2D eigenvalue weighted by Gasteiger charge is -2.01. The van der Waals surface area contributed by atoms with Gasteiger partial charge in [-0.3, -0.25) is 0 Å². The lowest BCUT2D eigenvalue weighted by atomic mass is 10.0. The maximum absolute atomic E-state index is 11.6. The van der Waals surface area contributed by atoms with Crippen molar-refractivity contribution in [3.8, 4) is 11.3 Å². The third-order valence-corrected chi connectivity index (χ3v) is 4.01. The van der Waals surface area contributed by atoms with Crippen LogP contribution in [0.5, 0.6) is 0 Å². The van der Waals surface area contributed by atoms with Gasteiger partial charge in [0.25, 0.3) is 0 Å². The molecule has 3 aliphatic rings. The van der Waals surface area contributed by atoms with Gasteiger partial charge in [-0.25, -0.2) is 4.79 Å². The summed E-state index contributed by atoms with van der Waals surface area (Å²) in [6, 6.07) is 4.18. The summed E-state index contributed by atoms with van der Waals surface area (Å²) < 4.78 is 5.30. The Labute approximate surface area is 101 Å². The molecule has 2 aliphatic carbocycles. The van der Waals surface area contributed by atoms with Crippen LogP contribution < -0.4 is 5.63 Å². The maximum atomic E-state index is 11.6. The van der Waals surface area contributed by atoms with Crippen LogP contribution in [-0.4, -0.2) is 0 Å². The highest BCUT2D eigenvalue weighted by Gasteiger charge is 2.23. The van der Waals surface area contributed by atoms with Crippen LogP contribution in [0.15, 0.2) is 21.3 Å². The first kappa shape index (κ1) is 10.6. The first-order chi connectivity index (χ1) is 8.08. The minimum Gasteiger partial charge on any atom is -0.422 e. The average molecular weight is 228 g/mol. The van der Waals surface area contributed by atoms with E-state index in [-0.39, 0.29) is 5.63 Å². The van der Waals surface area contributed by atoms with Crippen LogP contribution in [0.25, 0.3) is 11.3 Å². The minimum absolute atomic E-state index is 0.204. The molecule has 0 spiro atoms. The molecule has 0 bridgehead atoms. The Morgan fingerprint density at radius 3 is 2.82 bits per heavy atom. The van der Waals surface area contributed by atoms with E-state index in [9.17, 15) is 4.79 Å². The van der Waals surface area contributed by atoms with Crippen molar-refractivity contribution >= 4 is 0 Å². The number of hydrogen-bond acceptors (Lipinski definition) is 2. The van der Waals surface area contributed by atoms with Crippen LogP contribution in [0.1, 0.15) is 41.5 Å². The smallest absolute Gasteiger partial charge is 0.339 e. The third kappa shape index (κ3) is 1.43. The van der Waals surface area contributed by atoms with Gasteiger partial charge in [-0.05, 0) is 61.4 Å². The number of aryl methyl sites for hydroxylation is 1. The molecule has 2 heteroatoms. The van der Waals surface area contributed by atoms with Crippen molar-refractivity contribution < 1.29 is 4.42 Å². The van der Waals surface area contributed by atoms with E-state index < -0.39 is 0 Å². The van der Waals surface area contributed by atoms with E-state index >= 15 is 0 Å². The van der Waals surface area contributed by atoms with Gasteiger partial charge in [-0.15, -0.1) is 0 Å². The number of fused-ring (bicyclic) bond motifs is 2. The minimum atomic E-state index is -0.204. The summed E-state index contributed by atoms with van der Waals surface area (Å²) in [7, 11) is 0. The SMILES string of the molecule is Cc1cc2oc(=O)c(C)c-2cc2c1CC[C@H]2C. The van der Waals surface area contributed by atoms with Gasteiger partial charge >= 0.3 is 5.63 Å². The molecule has 0 aromatic heterocycles. The molecule has 0 radical (unpaired) electrons. The number of rotatable bonds is 0. The molecule has 1 atom stereocenters. The van der Waals surface area contributed by atoms with Crippen molar-refractivity contribution in [1.29, 1.82) is 0 Å². The molecule has 0 N–H and O–H groups in total. The van der Waals surface area contributed by atoms with E-state index in [1.165, 1.54) is 23.1 Å². The lowest BCUT2D eigenvalue weighted by molar-refractivity contribution is 0.542. The second-order valence-electron chi connectivity index (χ2n) is 5.14. The van der Waals surface area contributed by atoms with E-state index in [4.69, 9.17) is 4.42 Å². The molecule has 0 saturated heterocycles. The highest BCUT2D eigenvalue weighted by Crippen LogP contribution is 2.38. The molecule has 1 heterocycles. The summed E-state index contributed by atoms with van der Waals surface area (Å²) in [5, 5.41) is 0. The molecule has 88 valence electrons. The Morgan fingerprint density at radius 2 is 2.06 bits per heavy atom. The van der Waals surface area contributed by atoms with E-state index in [0.29, 0.717) is 5.92 Å². The molecule has 0 aromatic rings. The average Bonchev–Trinajstić information content (AvgIpc) is 2.71. The zero-order chi connectivity index (χ0) is 12.2. The first-order valence-electron chi connectivity index (χ1n) is 6.14. The van der Waals surface area contributed by atoms with Crippen LogP contribution in [0.4, 0.5) is 0 Å². The van der Waals surface area contributed by atoms with E-state index in [0.717, 1.165) is 23.3 Å². The fourth-order valence-corrected chi connectivity index (χ4v) is 2.86. The first-order valence-corrected chi connectivity index (χ1v) is 6.14. The van der Waals surface area contributed by atoms with Gasteiger partial charge in [0, 0.05) is 11.1 Å². The Hall–Kier alpha value is -1.57. The highest BCUT2D eigenvalue weighted by atomic mass is 16.4. The van der Waals surface area contributed by atoms with Gasteiger partial charge in [0.15, 0.2) is 0 Å². The molecular formula is C15H16O2. The lowest BCUT2D eigenvalue weighted by Crippen LogP contribution is -1.94. The largest absolute Gasteiger partial charge is 0.422 e. The fraction of sp³-hybridized carbons (Fsp3) is 0.400. The van der Waals surface area contributed by atoms with Crippen molar-refractivity contribution in [1.82, 2.24) is 0 Å². The third-order valence-electron chi connectivity index (χ3n) is 4.01. The van der Waals surface area contributed by atoms with Gasteiger partial charge in [0.1, 0.15) is 5.76 Å². The number of hydrogen-bond donors (Lipinski definition) is 0. The molecule has 0 aromatic carbocycles. The van der Waals surface area contributed by atoms with Crippen LogP contribution in [-0.2, 0) is 6.42 Å². The summed E-state index contributed by atoms with van der Waals surface area (Å²) in [5.41, 5.74) is 5.58. The molecular weight excluding hydrogens is 212 g/mol. The summed E-state index contributed by atoms with van der Waals surface area (Å²) >= 11 is 0. The van der Waals surface area contributed by atoms with E-state index in [2.05, 4.69) is 19.9 Å². The van der Waals surface area contributed by atoms with Gasteiger partial charge in [-0.1, -0.05) is 6.92 Å². The van der Waals surface area contributed by atoms with Gasteiger partial charge < -0.3 is 4.42 Å². The van der Waals surface area contributed by atoms with E-state index in [1.807, 2.05) is 13.0 Å². The molecule has 0 amide bonds. The van der Waals surface area contributed by atoms with Crippen LogP contribution in [0.2, 0.25) is 0 Å². The topological polar surface area (TPSA) is 30.2 Å². The zero-order valence-corrected chi connectivity index (χ0v) is 10.5. The van der Waals surface area contributed by atoms with Crippen molar-refractivity contribution in [2.75, 3.05) is 0 Å². The van der Waals surface area contributed by atoms with Crippen LogP contribution in [0, 0.1) is 13.8 Å². The monoisotopic (exact) mass is 228 g/mol. The Balaban J connectivity index is 2.42. The number of furan rings is 1. The normalized spacial score (nSPS) is 18.6. The second-order valence-corrected chi connectivity index (χ2v) is 5.14. The van der Waals surface area contributed by atoms with E-state index in [1.54, 1.807) is 0 Å². The maximum Gasteiger partial charge on any atom is 0.339 e. The molecule has 2 nitrogen and oxygen atoms in total. The summed E-state index contributed by atoms with van der Waals surface area (Å²) in [5.74, 6) is 1.32. The predicted molar refractivity (Wildman–Crippen MR) is 67.8 cm³/mol. The molecule has 3 rings (SSSR count). The quantitative estimate of drug-likeness (QED) is 0.691. The fourth-order valence-electron chi connectivity index (χ4n) is 2.86. The zero-order valence-electron chi connectivity index (χ0n) is 10.5. The Bertz CT molecular complexity index is 622. The van der Waals surface area contributed by atoms with Crippen LogP contribution >= 0.6 is 0 Å². The highest BCUT2D eigenvalue weighted by molar-refractivity contribution is 5.66. The molecule has 1 aliphatic heterocycles. The van der Waals surface area contributed by atoms with Crippen molar-refractivity contribution in [3.05, 3.63) is 44.8 Å². The van der Waals surface area contributed by atoms with Crippen molar-refractivity contribution in [2.45, 2.75) is 39.5 Å². The predicted octanol–water partition coefficient (Wildman–Crippen LogP) is 3.41. The van der Waals surface area contributed by atoms with Crippen molar-refractivity contribution in [2.24, 2.45) is 0 Å². The van der Waals surface area contributed by atoms with Gasteiger partial charge in [0.2, 0.25) is 0 Å². The Morgan fingerprint density at radius 1 is 1.29 bits per heavy atom. The Kier molecular flexibility index (Phi) is 2.15. The molecule has 0 fully saturated rings.